The highest BCUT2D eigenvalue weighted by molar-refractivity contribution is 6.17. The highest BCUT2D eigenvalue weighted by Crippen LogP contribution is 2.17. The fraction of sp³-hybridized carbons (Fsp3) is 0.222. The lowest BCUT2D eigenvalue weighted by Crippen LogP contribution is -2.04. The minimum atomic E-state index is -0.891. The summed E-state index contributed by atoms with van der Waals surface area (Å²) in [4.78, 5) is 10.5. The van der Waals surface area contributed by atoms with Gasteiger partial charge in [0.25, 0.3) is 0 Å². The van der Waals surface area contributed by atoms with E-state index in [2.05, 4.69) is 0 Å². The van der Waals surface area contributed by atoms with Crippen LogP contribution in [0.25, 0.3) is 0 Å². The standard InChI is InChI=1S/C9H10BO4/c1-6-2-3-8(14-10-13)4-7(6)5-9(11)12/h2-4,13H,5H2,1H3,(H,11,12). The van der Waals surface area contributed by atoms with Crippen LogP contribution in [0.2, 0.25) is 0 Å². The summed E-state index contributed by atoms with van der Waals surface area (Å²) < 4.78 is 4.72. The van der Waals surface area contributed by atoms with E-state index in [-0.39, 0.29) is 6.42 Å². The van der Waals surface area contributed by atoms with E-state index < -0.39 is 5.97 Å². The van der Waals surface area contributed by atoms with E-state index in [0.29, 0.717) is 19.0 Å². The second-order valence-corrected chi connectivity index (χ2v) is 2.88. The lowest BCUT2D eigenvalue weighted by Gasteiger charge is -2.06. The zero-order valence-corrected chi connectivity index (χ0v) is 7.73. The van der Waals surface area contributed by atoms with Crippen molar-refractivity contribution in [3.8, 4) is 5.75 Å². The van der Waals surface area contributed by atoms with Crippen molar-refractivity contribution in [3.05, 3.63) is 29.3 Å². The van der Waals surface area contributed by atoms with E-state index in [0.717, 1.165) is 5.56 Å². The van der Waals surface area contributed by atoms with Gasteiger partial charge in [0.1, 0.15) is 5.75 Å². The van der Waals surface area contributed by atoms with Gasteiger partial charge in [0, 0.05) is 0 Å². The van der Waals surface area contributed by atoms with Gasteiger partial charge >= 0.3 is 13.7 Å². The Morgan fingerprint density at radius 3 is 2.86 bits per heavy atom. The first-order valence-corrected chi connectivity index (χ1v) is 4.07. The first-order valence-electron chi connectivity index (χ1n) is 4.07. The van der Waals surface area contributed by atoms with Gasteiger partial charge in [0.15, 0.2) is 0 Å². The SMILES string of the molecule is Cc1ccc(O[B]O)cc1CC(=O)O. The van der Waals surface area contributed by atoms with Gasteiger partial charge in [-0.2, -0.15) is 0 Å². The molecule has 0 unspecified atom stereocenters. The molecule has 0 amide bonds. The first kappa shape index (κ1) is 10.6. The van der Waals surface area contributed by atoms with Gasteiger partial charge in [0.2, 0.25) is 0 Å². The predicted molar refractivity (Wildman–Crippen MR) is 51.1 cm³/mol. The van der Waals surface area contributed by atoms with E-state index >= 15 is 0 Å². The maximum Gasteiger partial charge on any atom is 0.569 e. The Labute approximate surface area is 82.4 Å². The number of rotatable bonds is 4. The Balaban J connectivity index is 2.90. The molecule has 1 radical (unpaired) electrons. The van der Waals surface area contributed by atoms with Crippen LogP contribution in [0.4, 0.5) is 0 Å². The zero-order valence-electron chi connectivity index (χ0n) is 7.73. The number of hydrogen-bond donors (Lipinski definition) is 2. The van der Waals surface area contributed by atoms with E-state index in [1.165, 1.54) is 0 Å². The van der Waals surface area contributed by atoms with Crippen LogP contribution < -0.4 is 4.65 Å². The highest BCUT2D eigenvalue weighted by Gasteiger charge is 2.05. The van der Waals surface area contributed by atoms with E-state index in [1.807, 2.05) is 6.92 Å². The first-order chi connectivity index (χ1) is 6.63. The van der Waals surface area contributed by atoms with Gasteiger partial charge in [-0.3, -0.25) is 4.79 Å². The molecule has 0 saturated carbocycles. The maximum atomic E-state index is 10.5. The lowest BCUT2D eigenvalue weighted by atomic mass is 10.1. The molecule has 0 aliphatic heterocycles. The third kappa shape index (κ3) is 2.78. The van der Waals surface area contributed by atoms with Crippen LogP contribution in [0.3, 0.4) is 0 Å². The van der Waals surface area contributed by atoms with E-state index in [4.69, 9.17) is 14.8 Å². The van der Waals surface area contributed by atoms with Crippen LogP contribution in [-0.2, 0) is 11.2 Å². The van der Waals surface area contributed by atoms with Gasteiger partial charge in [-0.15, -0.1) is 0 Å². The van der Waals surface area contributed by atoms with Crippen LogP contribution in [0.5, 0.6) is 5.75 Å². The number of carboxylic acid groups (broad SMARTS) is 1. The van der Waals surface area contributed by atoms with E-state index in [9.17, 15) is 4.79 Å². The molecule has 0 atom stereocenters. The lowest BCUT2D eigenvalue weighted by molar-refractivity contribution is -0.136. The molecule has 1 aromatic rings. The average molecular weight is 193 g/mol. The topological polar surface area (TPSA) is 66.8 Å². The maximum absolute atomic E-state index is 10.5. The smallest absolute Gasteiger partial charge is 0.537 e. The summed E-state index contributed by atoms with van der Waals surface area (Å²) in [5.41, 5.74) is 1.56. The summed E-state index contributed by atoms with van der Waals surface area (Å²) in [6.07, 6.45) is -0.0472. The van der Waals surface area contributed by atoms with Gasteiger partial charge in [0.05, 0.1) is 6.42 Å². The molecule has 5 heteroatoms. The number of aryl methyl sites for hydroxylation is 1. The van der Waals surface area contributed by atoms with Crippen molar-refractivity contribution in [1.29, 1.82) is 0 Å². The second-order valence-electron chi connectivity index (χ2n) is 2.88. The fourth-order valence-electron chi connectivity index (χ4n) is 1.14. The Hall–Kier alpha value is -1.49. The van der Waals surface area contributed by atoms with Crippen molar-refractivity contribution in [1.82, 2.24) is 0 Å². The summed E-state index contributed by atoms with van der Waals surface area (Å²) >= 11 is 0. The molecule has 4 nitrogen and oxygen atoms in total. The molecule has 1 aromatic carbocycles. The van der Waals surface area contributed by atoms with Crippen molar-refractivity contribution in [2.75, 3.05) is 0 Å². The summed E-state index contributed by atoms with van der Waals surface area (Å²) in [6, 6.07) is 5.00. The normalized spacial score (nSPS) is 9.57. The summed E-state index contributed by atoms with van der Waals surface area (Å²) in [7, 11) is 0.565. The number of carboxylic acids is 1. The number of aliphatic carboxylic acids is 1. The van der Waals surface area contributed by atoms with Crippen molar-refractivity contribution < 1.29 is 19.6 Å². The van der Waals surface area contributed by atoms with Crippen LogP contribution >= 0.6 is 0 Å². The highest BCUT2D eigenvalue weighted by atomic mass is 16.5. The molecule has 0 saturated heterocycles. The molecule has 14 heavy (non-hydrogen) atoms. The average Bonchev–Trinajstić information content (AvgIpc) is 2.10. The fourth-order valence-corrected chi connectivity index (χ4v) is 1.14. The summed E-state index contributed by atoms with van der Waals surface area (Å²) in [6.45, 7) is 1.82. The second kappa shape index (κ2) is 4.67. The Morgan fingerprint density at radius 2 is 2.29 bits per heavy atom. The molecule has 0 aliphatic rings. The third-order valence-electron chi connectivity index (χ3n) is 1.85. The van der Waals surface area contributed by atoms with Crippen molar-refractivity contribution in [2.45, 2.75) is 13.3 Å². The molecule has 0 fully saturated rings. The van der Waals surface area contributed by atoms with Gasteiger partial charge in [-0.25, -0.2) is 0 Å². The van der Waals surface area contributed by atoms with Crippen molar-refractivity contribution in [2.24, 2.45) is 0 Å². The van der Waals surface area contributed by atoms with Gasteiger partial charge in [-0.05, 0) is 30.2 Å². The molecule has 0 spiro atoms. The molecular weight excluding hydrogens is 183 g/mol. The zero-order chi connectivity index (χ0) is 10.6. The quantitative estimate of drug-likeness (QED) is 0.684. The molecule has 73 valence electrons. The number of carbonyl (C=O) groups is 1. The van der Waals surface area contributed by atoms with Crippen molar-refractivity contribution >= 4 is 13.7 Å². The molecular formula is C9H10BO4. The number of benzene rings is 1. The van der Waals surface area contributed by atoms with Gasteiger partial charge in [-0.1, -0.05) is 6.07 Å². The number of hydrogen-bond acceptors (Lipinski definition) is 3. The van der Waals surface area contributed by atoms with Crippen LogP contribution in [0.1, 0.15) is 11.1 Å². The molecule has 0 aromatic heterocycles. The molecule has 0 aliphatic carbocycles. The third-order valence-corrected chi connectivity index (χ3v) is 1.85. The minimum Gasteiger partial charge on any atom is -0.537 e. The Bertz CT molecular complexity index is 338. The molecule has 0 heterocycles. The predicted octanol–water partition coefficient (Wildman–Crippen LogP) is 0.527. The minimum absolute atomic E-state index is 0.0472. The van der Waals surface area contributed by atoms with Crippen LogP contribution in [0.15, 0.2) is 18.2 Å². The largest absolute Gasteiger partial charge is 0.569 e. The van der Waals surface area contributed by atoms with E-state index in [1.54, 1.807) is 18.2 Å². The summed E-state index contributed by atoms with van der Waals surface area (Å²) in [5, 5.41) is 17.0. The Morgan fingerprint density at radius 1 is 1.57 bits per heavy atom. The van der Waals surface area contributed by atoms with Gasteiger partial charge < -0.3 is 14.8 Å². The van der Waals surface area contributed by atoms with Crippen molar-refractivity contribution in [3.63, 3.8) is 0 Å². The molecule has 2 N–H and O–H groups in total. The molecule has 1 rings (SSSR count). The Kier molecular flexibility index (Phi) is 3.53. The monoisotopic (exact) mass is 193 g/mol. The summed E-state index contributed by atoms with van der Waals surface area (Å²) in [5.74, 6) is -0.465. The van der Waals surface area contributed by atoms with Crippen LogP contribution in [0, 0.1) is 6.92 Å². The van der Waals surface area contributed by atoms with Crippen LogP contribution in [-0.4, -0.2) is 23.8 Å². The molecule has 0 bridgehead atoms.